The van der Waals surface area contributed by atoms with Crippen LogP contribution in [0.25, 0.3) is 0 Å². The number of amides is 1. The largest absolute Gasteiger partial charge is 0.453 e. The van der Waals surface area contributed by atoms with Crippen molar-refractivity contribution in [2.24, 2.45) is 7.05 Å². The van der Waals surface area contributed by atoms with E-state index in [1.165, 1.54) is 7.11 Å². The van der Waals surface area contributed by atoms with Crippen LogP contribution in [-0.4, -0.2) is 23.0 Å². The van der Waals surface area contributed by atoms with E-state index in [9.17, 15) is 4.79 Å². The Morgan fingerprint density at radius 3 is 2.50 bits per heavy atom. The van der Waals surface area contributed by atoms with Crippen LogP contribution in [0.4, 0.5) is 16.2 Å². The maximum Gasteiger partial charge on any atom is 0.411 e. The molecular formula is C14H18N4O2. The molecule has 0 fully saturated rings. The van der Waals surface area contributed by atoms with Crippen molar-refractivity contribution >= 4 is 17.5 Å². The molecule has 1 aromatic heterocycles. The van der Waals surface area contributed by atoms with Crippen molar-refractivity contribution in [3.63, 3.8) is 0 Å². The molecule has 1 heterocycles. The third-order valence-electron chi connectivity index (χ3n) is 3.14. The standard InChI is InChI=1S/C14H18N4O2/c1-10-11(9-16-18(10)2)8-15-12-4-6-13(7-5-12)17-14(19)20-3/h4-7,9,15H,8H2,1-3H3,(H,17,19). The topological polar surface area (TPSA) is 68.2 Å². The highest BCUT2D eigenvalue weighted by molar-refractivity contribution is 5.84. The molecule has 2 N–H and O–H groups in total. The highest BCUT2D eigenvalue weighted by atomic mass is 16.5. The number of nitrogens with one attached hydrogen (secondary N) is 2. The van der Waals surface area contributed by atoms with E-state index in [2.05, 4.69) is 20.5 Å². The van der Waals surface area contributed by atoms with Crippen molar-refractivity contribution in [1.29, 1.82) is 0 Å². The summed E-state index contributed by atoms with van der Waals surface area (Å²) in [6.45, 7) is 2.75. The number of ether oxygens (including phenoxy) is 1. The van der Waals surface area contributed by atoms with Gasteiger partial charge in [0.2, 0.25) is 0 Å². The number of carbonyl (C=O) groups excluding carboxylic acids is 1. The van der Waals surface area contributed by atoms with E-state index in [1.54, 1.807) is 0 Å². The van der Waals surface area contributed by atoms with Gasteiger partial charge in [0.1, 0.15) is 0 Å². The van der Waals surface area contributed by atoms with Crippen LogP contribution in [-0.2, 0) is 18.3 Å². The molecule has 20 heavy (non-hydrogen) atoms. The Bertz CT molecular complexity index is 590. The van der Waals surface area contributed by atoms with Crippen LogP contribution in [0.2, 0.25) is 0 Å². The van der Waals surface area contributed by atoms with Gasteiger partial charge in [-0.05, 0) is 31.2 Å². The Labute approximate surface area is 117 Å². The highest BCUT2D eigenvalue weighted by Gasteiger charge is 2.04. The SMILES string of the molecule is COC(=O)Nc1ccc(NCc2cnn(C)c2C)cc1. The van der Waals surface area contributed by atoms with Crippen LogP contribution in [0.1, 0.15) is 11.3 Å². The quantitative estimate of drug-likeness (QED) is 0.899. The van der Waals surface area contributed by atoms with Crippen LogP contribution in [0.3, 0.4) is 0 Å². The molecule has 0 aliphatic heterocycles. The summed E-state index contributed by atoms with van der Waals surface area (Å²) >= 11 is 0. The van der Waals surface area contributed by atoms with Gasteiger partial charge in [-0.25, -0.2) is 4.79 Å². The number of aryl methyl sites for hydroxylation is 1. The lowest BCUT2D eigenvalue weighted by atomic mass is 10.2. The molecule has 0 saturated heterocycles. The number of hydrogen-bond acceptors (Lipinski definition) is 4. The first-order chi connectivity index (χ1) is 9.60. The second-order valence-corrected chi connectivity index (χ2v) is 4.43. The Kier molecular flexibility index (Phi) is 4.24. The van der Waals surface area contributed by atoms with E-state index >= 15 is 0 Å². The zero-order valence-electron chi connectivity index (χ0n) is 11.8. The van der Waals surface area contributed by atoms with Crippen molar-refractivity contribution in [3.05, 3.63) is 41.7 Å². The summed E-state index contributed by atoms with van der Waals surface area (Å²) in [5, 5.41) is 10.1. The Balaban J connectivity index is 1.94. The van der Waals surface area contributed by atoms with E-state index in [0.717, 1.165) is 16.9 Å². The van der Waals surface area contributed by atoms with Crippen molar-refractivity contribution in [1.82, 2.24) is 9.78 Å². The second kappa shape index (κ2) is 6.10. The van der Waals surface area contributed by atoms with E-state index in [4.69, 9.17) is 0 Å². The molecule has 6 heteroatoms. The average molecular weight is 274 g/mol. The molecule has 0 aliphatic rings. The monoisotopic (exact) mass is 274 g/mol. The van der Waals surface area contributed by atoms with Crippen LogP contribution in [0, 0.1) is 6.92 Å². The summed E-state index contributed by atoms with van der Waals surface area (Å²) in [5.74, 6) is 0. The van der Waals surface area contributed by atoms with Gasteiger partial charge in [0.25, 0.3) is 0 Å². The molecule has 0 saturated carbocycles. The molecule has 2 rings (SSSR count). The number of anilines is 2. The summed E-state index contributed by atoms with van der Waals surface area (Å²) in [7, 11) is 3.26. The fourth-order valence-electron chi connectivity index (χ4n) is 1.76. The lowest BCUT2D eigenvalue weighted by Crippen LogP contribution is -2.10. The molecule has 2 aromatic rings. The first-order valence-electron chi connectivity index (χ1n) is 6.26. The van der Waals surface area contributed by atoms with Crippen LogP contribution < -0.4 is 10.6 Å². The number of benzene rings is 1. The number of aromatic nitrogens is 2. The molecular weight excluding hydrogens is 256 g/mol. The molecule has 0 spiro atoms. The third-order valence-corrected chi connectivity index (χ3v) is 3.14. The van der Waals surface area contributed by atoms with Gasteiger partial charge in [0.05, 0.1) is 13.3 Å². The summed E-state index contributed by atoms with van der Waals surface area (Å²) in [6.07, 6.45) is 1.38. The molecule has 6 nitrogen and oxygen atoms in total. The van der Waals surface area contributed by atoms with Gasteiger partial charge in [0.15, 0.2) is 0 Å². The summed E-state index contributed by atoms with van der Waals surface area (Å²) < 4.78 is 6.38. The van der Waals surface area contributed by atoms with Gasteiger partial charge < -0.3 is 10.1 Å². The maximum absolute atomic E-state index is 11.1. The minimum atomic E-state index is -0.475. The predicted octanol–water partition coefficient (Wildman–Crippen LogP) is 2.52. The molecule has 0 bridgehead atoms. The first kappa shape index (κ1) is 13.9. The second-order valence-electron chi connectivity index (χ2n) is 4.43. The number of nitrogens with zero attached hydrogens (tertiary/aromatic N) is 2. The minimum absolute atomic E-state index is 0.475. The van der Waals surface area contributed by atoms with Crippen molar-refractivity contribution in [3.8, 4) is 0 Å². The van der Waals surface area contributed by atoms with Gasteiger partial charge in [-0.15, -0.1) is 0 Å². The molecule has 1 amide bonds. The molecule has 0 atom stereocenters. The smallest absolute Gasteiger partial charge is 0.411 e. The van der Waals surface area contributed by atoms with Gasteiger partial charge in [0, 0.05) is 36.2 Å². The summed E-state index contributed by atoms with van der Waals surface area (Å²) in [6, 6.07) is 7.43. The predicted molar refractivity (Wildman–Crippen MR) is 77.7 cm³/mol. The zero-order chi connectivity index (χ0) is 14.5. The molecule has 0 aliphatic carbocycles. The Hall–Kier alpha value is -2.50. The molecule has 106 valence electrons. The van der Waals surface area contributed by atoms with E-state index in [1.807, 2.05) is 49.1 Å². The number of rotatable bonds is 4. The first-order valence-corrected chi connectivity index (χ1v) is 6.26. The Morgan fingerprint density at radius 1 is 1.30 bits per heavy atom. The zero-order valence-corrected chi connectivity index (χ0v) is 11.8. The minimum Gasteiger partial charge on any atom is -0.453 e. The maximum atomic E-state index is 11.1. The third kappa shape index (κ3) is 3.28. The number of carbonyl (C=O) groups is 1. The van der Waals surface area contributed by atoms with Gasteiger partial charge in [-0.1, -0.05) is 0 Å². The van der Waals surface area contributed by atoms with Crippen molar-refractivity contribution in [2.45, 2.75) is 13.5 Å². The molecule has 1 aromatic carbocycles. The average Bonchev–Trinajstić information content (AvgIpc) is 2.78. The van der Waals surface area contributed by atoms with Crippen LogP contribution >= 0.6 is 0 Å². The van der Waals surface area contributed by atoms with Gasteiger partial charge >= 0.3 is 6.09 Å². The normalized spacial score (nSPS) is 10.2. The van der Waals surface area contributed by atoms with Crippen LogP contribution in [0.5, 0.6) is 0 Å². The number of methoxy groups -OCH3 is 1. The number of hydrogen-bond donors (Lipinski definition) is 2. The lowest BCUT2D eigenvalue weighted by Gasteiger charge is -2.08. The van der Waals surface area contributed by atoms with Crippen LogP contribution in [0.15, 0.2) is 30.5 Å². The van der Waals surface area contributed by atoms with E-state index < -0.39 is 6.09 Å². The molecule has 0 unspecified atom stereocenters. The summed E-state index contributed by atoms with van der Waals surface area (Å²) in [5.41, 5.74) is 3.97. The van der Waals surface area contributed by atoms with Crippen molar-refractivity contribution in [2.75, 3.05) is 17.7 Å². The van der Waals surface area contributed by atoms with Gasteiger partial charge in [-0.2, -0.15) is 5.10 Å². The highest BCUT2D eigenvalue weighted by Crippen LogP contribution is 2.15. The van der Waals surface area contributed by atoms with Crippen molar-refractivity contribution < 1.29 is 9.53 Å². The van der Waals surface area contributed by atoms with E-state index in [-0.39, 0.29) is 0 Å². The summed E-state index contributed by atoms with van der Waals surface area (Å²) in [4.78, 5) is 11.1. The van der Waals surface area contributed by atoms with E-state index in [0.29, 0.717) is 12.2 Å². The van der Waals surface area contributed by atoms with Gasteiger partial charge in [-0.3, -0.25) is 10.00 Å². The lowest BCUT2D eigenvalue weighted by molar-refractivity contribution is 0.187. The Morgan fingerprint density at radius 2 is 1.95 bits per heavy atom. The molecule has 0 radical (unpaired) electrons. The fourth-order valence-corrected chi connectivity index (χ4v) is 1.76. The fraction of sp³-hybridized carbons (Fsp3) is 0.286.